The number of hydrogen-bond acceptors (Lipinski definition) is 8. The van der Waals surface area contributed by atoms with Crippen LogP contribution in [0.15, 0.2) is 29.2 Å². The zero-order chi connectivity index (χ0) is 19.1. The summed E-state index contributed by atoms with van der Waals surface area (Å²) in [6, 6.07) is 7.51. The van der Waals surface area contributed by atoms with Crippen LogP contribution in [0, 0.1) is 0 Å². The summed E-state index contributed by atoms with van der Waals surface area (Å²) in [5.74, 6) is 0.950. The van der Waals surface area contributed by atoms with E-state index in [9.17, 15) is 4.79 Å². The van der Waals surface area contributed by atoms with E-state index in [0.29, 0.717) is 38.1 Å². The van der Waals surface area contributed by atoms with Gasteiger partial charge in [-0.3, -0.25) is 0 Å². The summed E-state index contributed by atoms with van der Waals surface area (Å²) in [4.78, 5) is 28.2. The predicted molar refractivity (Wildman–Crippen MR) is 103 cm³/mol. The fourth-order valence-corrected chi connectivity index (χ4v) is 2.96. The number of amides is 2. The van der Waals surface area contributed by atoms with Gasteiger partial charge in [-0.05, 0) is 24.5 Å². The topological polar surface area (TPSA) is 102 Å². The van der Waals surface area contributed by atoms with Crippen molar-refractivity contribution in [3.8, 4) is 6.01 Å². The first kappa shape index (κ1) is 19.2. The highest BCUT2D eigenvalue weighted by atomic mass is 32.2. The van der Waals surface area contributed by atoms with Crippen molar-refractivity contribution >= 4 is 29.4 Å². The van der Waals surface area contributed by atoms with Gasteiger partial charge in [0, 0.05) is 23.7 Å². The fraction of sp³-hybridized carbons (Fsp3) is 0.412. The Morgan fingerprint density at radius 1 is 1.30 bits per heavy atom. The first-order chi connectivity index (χ1) is 13.2. The van der Waals surface area contributed by atoms with E-state index in [0.717, 1.165) is 10.6 Å². The lowest BCUT2D eigenvalue weighted by molar-refractivity contribution is 0.122. The van der Waals surface area contributed by atoms with E-state index in [2.05, 4.69) is 25.6 Å². The van der Waals surface area contributed by atoms with Gasteiger partial charge in [-0.2, -0.15) is 15.0 Å². The van der Waals surface area contributed by atoms with Crippen molar-refractivity contribution in [1.29, 1.82) is 0 Å². The maximum Gasteiger partial charge on any atom is 0.321 e. The summed E-state index contributed by atoms with van der Waals surface area (Å²) in [6.45, 7) is 2.81. The van der Waals surface area contributed by atoms with Crippen molar-refractivity contribution in [1.82, 2.24) is 20.3 Å². The van der Waals surface area contributed by atoms with E-state index in [4.69, 9.17) is 9.47 Å². The number of aromatic nitrogens is 3. The number of rotatable bonds is 6. The largest absolute Gasteiger partial charge is 0.467 e. The molecule has 10 heteroatoms. The smallest absolute Gasteiger partial charge is 0.321 e. The van der Waals surface area contributed by atoms with E-state index < -0.39 is 0 Å². The van der Waals surface area contributed by atoms with Crippen LogP contribution in [-0.2, 0) is 11.3 Å². The number of carbonyl (C=O) groups excluding carboxylic acids is 1. The van der Waals surface area contributed by atoms with E-state index >= 15 is 0 Å². The number of urea groups is 1. The van der Waals surface area contributed by atoms with Gasteiger partial charge in [0.15, 0.2) is 5.82 Å². The lowest BCUT2D eigenvalue weighted by Crippen LogP contribution is -2.38. The van der Waals surface area contributed by atoms with Gasteiger partial charge in [0.05, 0.1) is 26.9 Å². The molecule has 0 atom stereocenters. The molecule has 3 rings (SSSR count). The second kappa shape index (κ2) is 9.38. The number of nitrogens with zero attached hydrogens (tertiary/aromatic N) is 4. The summed E-state index contributed by atoms with van der Waals surface area (Å²) < 4.78 is 10.5. The minimum absolute atomic E-state index is 0.157. The number of benzene rings is 1. The van der Waals surface area contributed by atoms with E-state index in [-0.39, 0.29) is 18.6 Å². The molecule has 0 saturated carbocycles. The molecular weight excluding hydrogens is 368 g/mol. The number of carbonyl (C=O) groups is 1. The van der Waals surface area contributed by atoms with Crippen LogP contribution in [0.25, 0.3) is 0 Å². The summed E-state index contributed by atoms with van der Waals surface area (Å²) in [5, 5.41) is 5.56. The van der Waals surface area contributed by atoms with Gasteiger partial charge >= 0.3 is 12.0 Å². The first-order valence-corrected chi connectivity index (χ1v) is 9.71. The number of anilines is 2. The quantitative estimate of drug-likeness (QED) is 0.720. The maximum atomic E-state index is 12.2. The number of morpholine rings is 1. The zero-order valence-corrected chi connectivity index (χ0v) is 16.1. The summed E-state index contributed by atoms with van der Waals surface area (Å²) >= 11 is 1.61. The molecule has 0 unspecified atom stereocenters. The molecular formula is C17H22N6O3S. The molecule has 1 aliphatic rings. The van der Waals surface area contributed by atoms with Gasteiger partial charge in [0.25, 0.3) is 0 Å². The Morgan fingerprint density at radius 2 is 2.11 bits per heavy atom. The van der Waals surface area contributed by atoms with Crippen molar-refractivity contribution in [2.75, 3.05) is 49.9 Å². The van der Waals surface area contributed by atoms with Crippen molar-refractivity contribution in [2.24, 2.45) is 0 Å². The van der Waals surface area contributed by atoms with Crippen molar-refractivity contribution < 1.29 is 14.3 Å². The van der Waals surface area contributed by atoms with E-state index in [1.54, 1.807) is 11.8 Å². The molecule has 1 fully saturated rings. The molecule has 2 amide bonds. The van der Waals surface area contributed by atoms with Crippen LogP contribution < -0.4 is 20.3 Å². The molecule has 2 heterocycles. The van der Waals surface area contributed by atoms with Gasteiger partial charge in [-0.15, -0.1) is 11.8 Å². The van der Waals surface area contributed by atoms with Crippen LogP contribution in [0.3, 0.4) is 0 Å². The number of thioether (sulfide) groups is 1. The second-order valence-electron chi connectivity index (χ2n) is 5.68. The van der Waals surface area contributed by atoms with Gasteiger partial charge in [-0.1, -0.05) is 6.07 Å². The third-order valence-corrected chi connectivity index (χ3v) is 4.59. The Morgan fingerprint density at radius 3 is 2.85 bits per heavy atom. The SMILES string of the molecule is COc1nc(CNC(=O)Nc2cccc(SC)c2)nc(N2CCOCC2)n1. The molecule has 0 aliphatic carbocycles. The van der Waals surface area contributed by atoms with Crippen LogP contribution in [0.1, 0.15) is 5.82 Å². The van der Waals surface area contributed by atoms with Gasteiger partial charge < -0.3 is 25.0 Å². The molecule has 0 bridgehead atoms. The van der Waals surface area contributed by atoms with Crippen molar-refractivity contribution in [3.63, 3.8) is 0 Å². The summed E-state index contributed by atoms with van der Waals surface area (Å²) in [5.41, 5.74) is 0.724. The molecule has 2 aromatic rings. The van der Waals surface area contributed by atoms with Crippen LogP contribution in [-0.4, -0.2) is 60.7 Å². The normalized spacial score (nSPS) is 13.9. The van der Waals surface area contributed by atoms with Gasteiger partial charge in [-0.25, -0.2) is 4.79 Å². The highest BCUT2D eigenvalue weighted by molar-refractivity contribution is 7.98. The minimum atomic E-state index is -0.333. The average Bonchev–Trinajstić information content (AvgIpc) is 2.72. The highest BCUT2D eigenvalue weighted by Gasteiger charge is 2.17. The van der Waals surface area contributed by atoms with Crippen molar-refractivity contribution in [2.45, 2.75) is 11.4 Å². The molecule has 0 radical (unpaired) electrons. The number of methoxy groups -OCH3 is 1. The highest BCUT2D eigenvalue weighted by Crippen LogP contribution is 2.19. The van der Waals surface area contributed by atoms with Gasteiger partial charge in [0.1, 0.15) is 0 Å². The maximum absolute atomic E-state index is 12.2. The average molecular weight is 390 g/mol. The van der Waals surface area contributed by atoms with Crippen LogP contribution >= 0.6 is 11.8 Å². The Labute approximate surface area is 161 Å². The second-order valence-corrected chi connectivity index (χ2v) is 6.56. The van der Waals surface area contributed by atoms with Crippen LogP contribution in [0.2, 0.25) is 0 Å². The number of hydrogen-bond donors (Lipinski definition) is 2. The van der Waals surface area contributed by atoms with Gasteiger partial charge in [0.2, 0.25) is 5.95 Å². The van der Waals surface area contributed by atoms with Crippen LogP contribution in [0.4, 0.5) is 16.4 Å². The van der Waals surface area contributed by atoms with Crippen LogP contribution in [0.5, 0.6) is 6.01 Å². The Bertz CT molecular complexity index is 785. The molecule has 27 heavy (non-hydrogen) atoms. The Kier molecular flexibility index (Phi) is 6.66. The lowest BCUT2D eigenvalue weighted by Gasteiger charge is -2.26. The molecule has 144 valence electrons. The molecule has 1 saturated heterocycles. The Hall–Kier alpha value is -2.59. The summed E-state index contributed by atoms with van der Waals surface area (Å²) in [7, 11) is 1.50. The Balaban J connectivity index is 1.63. The third kappa shape index (κ3) is 5.44. The van der Waals surface area contributed by atoms with E-state index in [1.165, 1.54) is 7.11 Å². The molecule has 1 aromatic heterocycles. The monoisotopic (exact) mass is 390 g/mol. The molecule has 1 aromatic carbocycles. The van der Waals surface area contributed by atoms with Crippen molar-refractivity contribution in [3.05, 3.63) is 30.1 Å². The fourth-order valence-electron chi connectivity index (χ4n) is 2.50. The molecule has 1 aliphatic heterocycles. The first-order valence-electron chi connectivity index (χ1n) is 8.48. The van der Waals surface area contributed by atoms with E-state index in [1.807, 2.05) is 35.4 Å². The molecule has 9 nitrogen and oxygen atoms in total. The summed E-state index contributed by atoms with van der Waals surface area (Å²) in [6.07, 6.45) is 1.99. The molecule has 2 N–H and O–H groups in total. The predicted octanol–water partition coefficient (Wildman–Crippen LogP) is 1.76. The minimum Gasteiger partial charge on any atom is -0.467 e. The molecule has 0 spiro atoms. The zero-order valence-electron chi connectivity index (χ0n) is 15.3. The number of ether oxygens (including phenoxy) is 2. The third-order valence-electron chi connectivity index (χ3n) is 3.86. The standard InChI is InChI=1S/C17H22N6O3S/c1-25-17-21-14(20-15(22-17)23-6-8-26-9-7-23)11-18-16(24)19-12-4-3-5-13(10-12)27-2/h3-5,10H,6-9,11H2,1-2H3,(H2,18,19,24). The number of nitrogens with one attached hydrogen (secondary N) is 2. The lowest BCUT2D eigenvalue weighted by atomic mass is 10.3.